The first-order chi connectivity index (χ1) is 10.6. The Kier molecular flexibility index (Phi) is 6.07. The number of amides is 2. The summed E-state index contributed by atoms with van der Waals surface area (Å²) in [4.78, 5) is 27.7. The van der Waals surface area contributed by atoms with Gasteiger partial charge in [0.25, 0.3) is 0 Å². The van der Waals surface area contributed by atoms with Gasteiger partial charge in [-0.25, -0.2) is 0 Å². The summed E-state index contributed by atoms with van der Waals surface area (Å²) in [5, 5.41) is 0. The van der Waals surface area contributed by atoms with Gasteiger partial charge in [0.05, 0.1) is 5.88 Å². The van der Waals surface area contributed by atoms with Gasteiger partial charge in [0.1, 0.15) is 6.04 Å². The first-order valence-electron chi connectivity index (χ1n) is 7.39. The summed E-state index contributed by atoms with van der Waals surface area (Å²) in [7, 11) is 3.47. The summed E-state index contributed by atoms with van der Waals surface area (Å²) < 4.78 is 0. The standard InChI is InChI=1S/C17H22N2O2S/c1-18(2)17(21)15-12-22-13-19(15)16(20)11-7-6-10-14-8-4-3-5-9-14/h3-6,8-10,15H,7,11-13H2,1-2H3/b10-6-/t15-/m0/s1. The Morgan fingerprint density at radius 1 is 1.32 bits per heavy atom. The molecule has 0 unspecified atom stereocenters. The highest BCUT2D eigenvalue weighted by atomic mass is 32.2. The Morgan fingerprint density at radius 2 is 2.05 bits per heavy atom. The highest BCUT2D eigenvalue weighted by molar-refractivity contribution is 7.99. The van der Waals surface area contributed by atoms with E-state index in [1.54, 1.807) is 35.7 Å². The lowest BCUT2D eigenvalue weighted by Gasteiger charge is -2.25. The molecule has 5 heteroatoms. The zero-order chi connectivity index (χ0) is 15.9. The second-order valence-corrected chi connectivity index (χ2v) is 6.46. The van der Waals surface area contributed by atoms with E-state index in [4.69, 9.17) is 0 Å². The second-order valence-electron chi connectivity index (χ2n) is 5.46. The molecule has 2 rings (SSSR count). The van der Waals surface area contributed by atoms with Crippen LogP contribution >= 0.6 is 11.8 Å². The minimum Gasteiger partial charge on any atom is -0.347 e. The molecular weight excluding hydrogens is 296 g/mol. The van der Waals surface area contributed by atoms with E-state index in [1.165, 1.54) is 0 Å². The number of nitrogens with zero attached hydrogens (tertiary/aromatic N) is 2. The number of likely N-dealkylation sites (N-methyl/N-ethyl adjacent to an activating group) is 1. The third-order valence-corrected chi connectivity index (χ3v) is 4.58. The third-order valence-electron chi connectivity index (χ3n) is 3.56. The Bertz CT molecular complexity index is 543. The van der Waals surface area contributed by atoms with Crippen molar-refractivity contribution in [1.29, 1.82) is 0 Å². The predicted octanol–water partition coefficient (Wildman–Crippen LogP) is 2.47. The average Bonchev–Trinajstić information content (AvgIpc) is 3.01. The predicted molar refractivity (Wildman–Crippen MR) is 91.4 cm³/mol. The molecular formula is C17H22N2O2S. The highest BCUT2D eigenvalue weighted by Crippen LogP contribution is 2.23. The average molecular weight is 318 g/mol. The Labute approximate surface area is 136 Å². The van der Waals surface area contributed by atoms with Crippen molar-refractivity contribution >= 4 is 29.7 Å². The van der Waals surface area contributed by atoms with E-state index >= 15 is 0 Å². The van der Waals surface area contributed by atoms with Gasteiger partial charge in [0.15, 0.2) is 0 Å². The molecule has 1 atom stereocenters. The molecule has 1 aromatic carbocycles. The van der Waals surface area contributed by atoms with Gasteiger partial charge in [-0.15, -0.1) is 11.8 Å². The van der Waals surface area contributed by atoms with Crippen molar-refractivity contribution in [2.24, 2.45) is 0 Å². The van der Waals surface area contributed by atoms with Crippen LogP contribution in [0.3, 0.4) is 0 Å². The number of carbonyl (C=O) groups excluding carboxylic acids is 2. The van der Waals surface area contributed by atoms with E-state index in [0.29, 0.717) is 24.5 Å². The number of thioether (sulfide) groups is 1. The number of hydrogen-bond donors (Lipinski definition) is 0. The van der Waals surface area contributed by atoms with E-state index in [2.05, 4.69) is 0 Å². The lowest BCUT2D eigenvalue weighted by Crippen LogP contribution is -2.46. The number of allylic oxidation sites excluding steroid dienone is 1. The molecule has 118 valence electrons. The molecule has 1 heterocycles. The van der Waals surface area contributed by atoms with Crippen molar-refractivity contribution in [3.05, 3.63) is 42.0 Å². The monoisotopic (exact) mass is 318 g/mol. The first-order valence-corrected chi connectivity index (χ1v) is 8.55. The smallest absolute Gasteiger partial charge is 0.245 e. The van der Waals surface area contributed by atoms with Gasteiger partial charge in [0.2, 0.25) is 11.8 Å². The van der Waals surface area contributed by atoms with Crippen LogP contribution in [-0.4, -0.2) is 53.4 Å². The highest BCUT2D eigenvalue weighted by Gasteiger charge is 2.34. The summed E-state index contributed by atoms with van der Waals surface area (Å²) >= 11 is 1.64. The minimum absolute atomic E-state index is 0.0122. The van der Waals surface area contributed by atoms with Crippen molar-refractivity contribution in [3.8, 4) is 0 Å². The number of carbonyl (C=O) groups is 2. The Balaban J connectivity index is 1.84. The van der Waals surface area contributed by atoms with Crippen LogP contribution in [0, 0.1) is 0 Å². The second kappa shape index (κ2) is 8.03. The summed E-state index contributed by atoms with van der Waals surface area (Å²) in [5.41, 5.74) is 1.13. The van der Waals surface area contributed by atoms with Gasteiger partial charge in [-0.2, -0.15) is 0 Å². The molecule has 1 aromatic rings. The molecule has 1 saturated heterocycles. The van der Waals surface area contributed by atoms with Gasteiger partial charge in [-0.05, 0) is 12.0 Å². The van der Waals surface area contributed by atoms with Crippen LogP contribution in [0.1, 0.15) is 18.4 Å². The molecule has 0 aliphatic carbocycles. The molecule has 1 aliphatic heterocycles. The van der Waals surface area contributed by atoms with Crippen molar-refractivity contribution < 1.29 is 9.59 Å². The van der Waals surface area contributed by atoms with Gasteiger partial charge in [0, 0.05) is 26.3 Å². The number of rotatable bonds is 5. The zero-order valence-electron chi connectivity index (χ0n) is 13.1. The van der Waals surface area contributed by atoms with Gasteiger partial charge >= 0.3 is 0 Å². The summed E-state index contributed by atoms with van der Waals surface area (Å²) in [6.45, 7) is 0. The summed E-state index contributed by atoms with van der Waals surface area (Å²) in [6, 6.07) is 9.72. The molecule has 0 radical (unpaired) electrons. The molecule has 0 bridgehead atoms. The molecule has 0 aromatic heterocycles. The zero-order valence-corrected chi connectivity index (χ0v) is 13.9. The van der Waals surface area contributed by atoms with Crippen molar-refractivity contribution in [2.75, 3.05) is 25.7 Å². The van der Waals surface area contributed by atoms with Crippen LogP contribution < -0.4 is 0 Å². The van der Waals surface area contributed by atoms with E-state index in [-0.39, 0.29) is 17.9 Å². The van der Waals surface area contributed by atoms with Crippen LogP contribution in [0.2, 0.25) is 0 Å². The van der Waals surface area contributed by atoms with E-state index in [9.17, 15) is 9.59 Å². The molecule has 4 nitrogen and oxygen atoms in total. The van der Waals surface area contributed by atoms with Crippen molar-refractivity contribution in [3.63, 3.8) is 0 Å². The Morgan fingerprint density at radius 3 is 2.73 bits per heavy atom. The van der Waals surface area contributed by atoms with E-state index in [0.717, 1.165) is 5.56 Å². The fourth-order valence-corrected chi connectivity index (χ4v) is 3.50. The molecule has 0 spiro atoms. The van der Waals surface area contributed by atoms with Crippen LogP contribution in [0.15, 0.2) is 36.4 Å². The maximum Gasteiger partial charge on any atom is 0.245 e. The molecule has 1 aliphatic rings. The fourth-order valence-electron chi connectivity index (χ4n) is 2.33. The van der Waals surface area contributed by atoms with Gasteiger partial charge < -0.3 is 9.80 Å². The maximum absolute atomic E-state index is 12.3. The Hall–Kier alpha value is -1.75. The van der Waals surface area contributed by atoms with Gasteiger partial charge in [-0.1, -0.05) is 42.5 Å². The van der Waals surface area contributed by atoms with E-state index < -0.39 is 0 Å². The van der Waals surface area contributed by atoms with Crippen LogP contribution in [-0.2, 0) is 9.59 Å². The number of hydrogen-bond acceptors (Lipinski definition) is 3. The molecule has 1 fully saturated rings. The normalized spacial score (nSPS) is 17.9. The largest absolute Gasteiger partial charge is 0.347 e. The van der Waals surface area contributed by atoms with Crippen molar-refractivity contribution in [2.45, 2.75) is 18.9 Å². The first kappa shape index (κ1) is 16.6. The lowest BCUT2D eigenvalue weighted by atomic mass is 10.1. The quantitative estimate of drug-likeness (QED) is 0.837. The third kappa shape index (κ3) is 4.37. The summed E-state index contributed by atoms with van der Waals surface area (Å²) in [5.74, 6) is 1.38. The topological polar surface area (TPSA) is 40.6 Å². The van der Waals surface area contributed by atoms with Crippen LogP contribution in [0.5, 0.6) is 0 Å². The lowest BCUT2D eigenvalue weighted by molar-refractivity contribution is -0.141. The fraction of sp³-hybridized carbons (Fsp3) is 0.412. The van der Waals surface area contributed by atoms with Gasteiger partial charge in [-0.3, -0.25) is 9.59 Å². The molecule has 0 N–H and O–H groups in total. The minimum atomic E-state index is -0.300. The molecule has 2 amide bonds. The SMILES string of the molecule is CN(C)C(=O)[C@@H]1CSCN1C(=O)CC/C=C\c1ccccc1. The van der Waals surface area contributed by atoms with Crippen LogP contribution in [0.4, 0.5) is 0 Å². The van der Waals surface area contributed by atoms with E-state index in [1.807, 2.05) is 42.5 Å². The summed E-state index contributed by atoms with van der Waals surface area (Å²) in [6.07, 6.45) is 5.17. The molecule has 0 saturated carbocycles. The number of benzene rings is 1. The maximum atomic E-state index is 12.3. The van der Waals surface area contributed by atoms with Crippen LogP contribution in [0.25, 0.3) is 6.08 Å². The molecule has 22 heavy (non-hydrogen) atoms. The van der Waals surface area contributed by atoms with Crippen molar-refractivity contribution in [1.82, 2.24) is 9.80 Å².